The van der Waals surface area contributed by atoms with Gasteiger partial charge < -0.3 is 16.4 Å². The number of likely N-dealkylation sites (tertiary alicyclic amines) is 1. The van der Waals surface area contributed by atoms with Crippen LogP contribution in [0.3, 0.4) is 0 Å². The predicted octanol–water partition coefficient (Wildman–Crippen LogP) is 6.28. The second-order valence-corrected chi connectivity index (χ2v) is 13.7. The summed E-state index contributed by atoms with van der Waals surface area (Å²) >= 11 is 12.7. The molecule has 1 saturated heterocycles. The molecule has 2 aliphatic carbocycles. The Morgan fingerprint density at radius 2 is 1.93 bits per heavy atom. The second-order valence-electron chi connectivity index (χ2n) is 12.9. The topological polar surface area (TPSA) is 99.8 Å². The number of nitrogen functional groups attached to an aromatic ring is 1. The van der Waals surface area contributed by atoms with E-state index in [0.717, 1.165) is 48.9 Å². The highest BCUT2D eigenvalue weighted by Crippen LogP contribution is 2.61. The van der Waals surface area contributed by atoms with E-state index >= 15 is 4.39 Å². The van der Waals surface area contributed by atoms with E-state index in [0.29, 0.717) is 46.4 Å². The number of nitrogens with two attached hydrogens (primary N) is 1. The predicted molar refractivity (Wildman–Crippen MR) is 170 cm³/mol. The zero-order valence-corrected chi connectivity index (χ0v) is 25.5. The molecule has 0 unspecified atom stereocenters. The molecule has 2 saturated carbocycles. The largest absolute Gasteiger partial charge is 0.398 e. The Morgan fingerprint density at radius 3 is 2.66 bits per heavy atom. The van der Waals surface area contributed by atoms with E-state index in [4.69, 9.17) is 33.9 Å². The number of nitrogens with zero attached hydrogens (tertiary/aromatic N) is 2. The Hall–Kier alpha value is -3.46. The number of hydrogen-bond acceptors (Lipinski definition) is 5. The van der Waals surface area contributed by atoms with Crippen LogP contribution in [0.4, 0.5) is 15.8 Å². The molecule has 0 aromatic heterocycles. The van der Waals surface area contributed by atoms with E-state index < -0.39 is 23.3 Å². The molecule has 3 heterocycles. The van der Waals surface area contributed by atoms with Crippen LogP contribution in [0.1, 0.15) is 71.5 Å². The van der Waals surface area contributed by atoms with Gasteiger partial charge in [0.15, 0.2) is 0 Å². The monoisotopic (exact) mass is 631 g/mol. The van der Waals surface area contributed by atoms with Crippen LogP contribution in [0.5, 0.6) is 0 Å². The molecule has 8 rings (SSSR count). The van der Waals surface area contributed by atoms with Crippen LogP contribution < -0.4 is 16.4 Å². The maximum atomic E-state index is 16.1. The maximum absolute atomic E-state index is 16.1. The first-order chi connectivity index (χ1) is 21.3. The fourth-order valence-corrected chi connectivity index (χ4v) is 8.20. The van der Waals surface area contributed by atoms with E-state index in [9.17, 15) is 9.59 Å². The van der Waals surface area contributed by atoms with Crippen molar-refractivity contribution in [2.75, 3.05) is 17.6 Å². The molecule has 3 aromatic carbocycles. The SMILES string of the molecule is Nc1cc(C(=O)NC2CC2)ccc1C1=N[C@@H]2[C@H](C1)N(CC1CCC1)[C@@]1(C(=O)Nc3cc(Cl)ccc31)[C@H]2c1cccc(Cl)c1F. The first-order valence-electron chi connectivity index (χ1n) is 15.3. The number of hydrogen-bond donors (Lipinski definition) is 3. The lowest BCUT2D eigenvalue weighted by molar-refractivity contribution is -0.128. The second kappa shape index (κ2) is 10.3. The molecule has 0 radical (unpaired) electrons. The highest BCUT2D eigenvalue weighted by Gasteiger charge is 2.68. The van der Waals surface area contributed by atoms with Gasteiger partial charge >= 0.3 is 0 Å². The first-order valence-corrected chi connectivity index (χ1v) is 16.1. The third-order valence-corrected chi connectivity index (χ3v) is 10.8. The molecule has 44 heavy (non-hydrogen) atoms. The number of carbonyl (C=O) groups is 2. The van der Waals surface area contributed by atoms with Crippen LogP contribution in [0, 0.1) is 11.7 Å². The van der Waals surface area contributed by atoms with Crippen LogP contribution >= 0.6 is 23.2 Å². The molecular weight excluding hydrogens is 600 g/mol. The van der Waals surface area contributed by atoms with Crippen LogP contribution in [-0.4, -0.2) is 47.1 Å². The van der Waals surface area contributed by atoms with Gasteiger partial charge in [-0.3, -0.25) is 19.5 Å². The van der Waals surface area contributed by atoms with Gasteiger partial charge in [-0.15, -0.1) is 0 Å². The average Bonchev–Trinajstić information content (AvgIpc) is 3.52. The van der Waals surface area contributed by atoms with Gasteiger partial charge in [-0.1, -0.05) is 53.9 Å². The normalized spacial score (nSPS) is 27.6. The fraction of sp³-hybridized carbons (Fsp3) is 0.382. The number of carbonyl (C=O) groups excluding carboxylic acids is 2. The molecule has 3 aliphatic heterocycles. The molecule has 4 atom stereocenters. The number of rotatable bonds is 6. The van der Waals surface area contributed by atoms with Crippen molar-refractivity contribution < 1.29 is 14.0 Å². The number of fused-ring (bicyclic) bond motifs is 3. The third-order valence-electron chi connectivity index (χ3n) is 10.3. The van der Waals surface area contributed by atoms with Gasteiger partial charge in [0.2, 0.25) is 5.91 Å². The smallest absolute Gasteiger partial charge is 0.251 e. The summed E-state index contributed by atoms with van der Waals surface area (Å²) in [6.45, 7) is 0.688. The average molecular weight is 633 g/mol. The molecule has 4 N–H and O–H groups in total. The number of anilines is 2. The van der Waals surface area contributed by atoms with Crippen molar-refractivity contribution in [2.24, 2.45) is 10.9 Å². The van der Waals surface area contributed by atoms with Crippen LogP contribution in [0.25, 0.3) is 0 Å². The summed E-state index contributed by atoms with van der Waals surface area (Å²) in [4.78, 5) is 34.6. The van der Waals surface area contributed by atoms with Gasteiger partial charge in [0, 0.05) is 69.8 Å². The number of halogens is 3. The number of nitrogens with one attached hydrogen (secondary N) is 2. The van der Waals surface area contributed by atoms with Crippen LogP contribution in [0.2, 0.25) is 10.0 Å². The summed E-state index contributed by atoms with van der Waals surface area (Å²) in [5.41, 5.74) is 9.69. The van der Waals surface area contributed by atoms with Crippen molar-refractivity contribution in [3.8, 4) is 0 Å². The zero-order valence-electron chi connectivity index (χ0n) is 24.0. The van der Waals surface area contributed by atoms with E-state index in [1.54, 1.807) is 36.4 Å². The van der Waals surface area contributed by atoms with Crippen molar-refractivity contribution >= 4 is 52.1 Å². The summed E-state index contributed by atoms with van der Waals surface area (Å²) < 4.78 is 16.1. The van der Waals surface area contributed by atoms with Crippen molar-refractivity contribution in [2.45, 2.75) is 68.1 Å². The van der Waals surface area contributed by atoms with E-state index in [2.05, 4.69) is 15.5 Å². The Labute approximate surface area is 265 Å². The van der Waals surface area contributed by atoms with Gasteiger partial charge in [0.25, 0.3) is 5.91 Å². The summed E-state index contributed by atoms with van der Waals surface area (Å²) in [5, 5.41) is 6.62. The Balaban J connectivity index is 1.27. The van der Waals surface area contributed by atoms with Crippen LogP contribution in [0.15, 0.2) is 59.6 Å². The van der Waals surface area contributed by atoms with Crippen molar-refractivity contribution in [1.82, 2.24) is 10.2 Å². The number of amides is 2. The van der Waals surface area contributed by atoms with Gasteiger partial charge in [0.1, 0.15) is 11.4 Å². The number of aliphatic imine (C=N–C) groups is 1. The van der Waals surface area contributed by atoms with Gasteiger partial charge in [-0.25, -0.2) is 4.39 Å². The van der Waals surface area contributed by atoms with Crippen molar-refractivity contribution in [1.29, 1.82) is 0 Å². The summed E-state index contributed by atoms with van der Waals surface area (Å²) in [7, 11) is 0. The van der Waals surface area contributed by atoms with Gasteiger partial charge in [-0.05, 0) is 67.5 Å². The minimum absolute atomic E-state index is 0.00730. The van der Waals surface area contributed by atoms with E-state index in [1.165, 1.54) is 6.07 Å². The summed E-state index contributed by atoms with van der Waals surface area (Å²) in [6.07, 6.45) is 5.86. The lowest BCUT2D eigenvalue weighted by atomic mass is 9.73. The van der Waals surface area contributed by atoms with Crippen LogP contribution in [-0.2, 0) is 10.3 Å². The molecule has 5 aliphatic rings. The maximum Gasteiger partial charge on any atom is 0.251 e. The minimum atomic E-state index is -1.19. The standard InChI is InChI=1S/C34H32Cl2FN5O2/c35-19-8-12-23-27(14-19)41-33(44)34(23)29(22-5-2-6-24(36)30(22)37)31-28(42(34)16-17-3-1-4-17)15-26(40-31)21-11-7-18(13-25(21)38)32(43)39-20-9-10-20/h2,5-8,11-14,17,20,28-29,31H,1,3-4,9-10,15-16,38H2,(H,39,43)(H,41,44)/t28-,29-,31+,34+/m0/s1. The number of benzene rings is 3. The van der Waals surface area contributed by atoms with Crippen molar-refractivity contribution in [3.05, 3.63) is 92.7 Å². The van der Waals surface area contributed by atoms with Crippen molar-refractivity contribution in [3.63, 3.8) is 0 Å². The molecule has 10 heteroatoms. The third kappa shape index (κ3) is 4.21. The zero-order chi connectivity index (χ0) is 30.3. The lowest BCUT2D eigenvalue weighted by Gasteiger charge is -2.43. The fourth-order valence-electron chi connectivity index (χ4n) is 7.85. The molecule has 7 nitrogen and oxygen atoms in total. The Kier molecular flexibility index (Phi) is 6.56. The molecule has 3 aromatic rings. The van der Waals surface area contributed by atoms with Gasteiger partial charge in [0.05, 0.1) is 11.1 Å². The van der Waals surface area contributed by atoms with Gasteiger partial charge in [-0.2, -0.15) is 0 Å². The molecule has 226 valence electrons. The quantitative estimate of drug-likeness (QED) is 0.279. The molecule has 3 fully saturated rings. The molecule has 0 bridgehead atoms. The highest BCUT2D eigenvalue weighted by atomic mass is 35.5. The molecule has 1 spiro atoms. The summed E-state index contributed by atoms with van der Waals surface area (Å²) in [6, 6.07) is 15.4. The lowest BCUT2D eigenvalue weighted by Crippen LogP contribution is -2.54. The Bertz CT molecular complexity index is 1760. The van der Waals surface area contributed by atoms with E-state index in [1.807, 2.05) is 12.1 Å². The Morgan fingerprint density at radius 1 is 1.11 bits per heavy atom. The highest BCUT2D eigenvalue weighted by molar-refractivity contribution is 6.31. The molecule has 2 amide bonds. The molecular formula is C34H32Cl2FN5O2. The summed E-state index contributed by atoms with van der Waals surface area (Å²) in [5.74, 6) is -1.09. The van der Waals surface area contributed by atoms with E-state index in [-0.39, 0.29) is 28.9 Å². The first kappa shape index (κ1) is 28.0. The minimum Gasteiger partial charge on any atom is -0.398 e.